The monoisotopic (exact) mass is 639 g/mol. The Hall–Kier alpha value is -6.85. The largest absolute Gasteiger partial charge is 0.317 e. The van der Waals surface area contributed by atoms with Gasteiger partial charge in [-0.2, -0.15) is 0 Å². The Morgan fingerprint density at radius 2 is 0.900 bits per heavy atom. The van der Waals surface area contributed by atoms with Crippen molar-refractivity contribution in [3.8, 4) is 45.5 Å². The molecule has 3 aromatic heterocycles. The molecule has 234 valence electrons. The summed E-state index contributed by atoms with van der Waals surface area (Å²) < 4.78 is 4.63. The van der Waals surface area contributed by atoms with Gasteiger partial charge in [-0.15, -0.1) is 0 Å². The van der Waals surface area contributed by atoms with Crippen molar-refractivity contribution >= 4 is 43.5 Å². The highest BCUT2D eigenvalue weighted by molar-refractivity contribution is 6.18. The third-order valence-corrected chi connectivity index (χ3v) is 9.60. The fraction of sp³-hybridized carbons (Fsp3) is 0. The van der Waals surface area contributed by atoms with E-state index in [2.05, 4.69) is 125 Å². The van der Waals surface area contributed by atoms with Gasteiger partial charge in [0.2, 0.25) is 0 Å². The van der Waals surface area contributed by atoms with E-state index in [1.807, 2.05) is 60.7 Å². The molecule has 0 bridgehead atoms. The van der Waals surface area contributed by atoms with Crippen LogP contribution in [0.25, 0.3) is 89.0 Å². The summed E-state index contributed by atoms with van der Waals surface area (Å²) in [6.45, 7) is 0. The van der Waals surface area contributed by atoms with Crippen LogP contribution in [0.15, 0.2) is 176 Å². The Morgan fingerprint density at radius 3 is 1.56 bits per heavy atom. The second kappa shape index (κ2) is 11.4. The van der Waals surface area contributed by atoms with E-state index in [-0.39, 0.29) is 0 Å². The van der Waals surface area contributed by atoms with Gasteiger partial charge in [-0.05, 0) is 77.5 Å². The van der Waals surface area contributed by atoms with E-state index in [9.17, 15) is 0 Å². The predicted octanol–water partition coefficient (Wildman–Crippen LogP) is 11.1. The van der Waals surface area contributed by atoms with Crippen LogP contribution in [0.5, 0.6) is 0 Å². The molecule has 0 aliphatic heterocycles. The lowest BCUT2D eigenvalue weighted by molar-refractivity contribution is 1.07. The minimum absolute atomic E-state index is 0.643. The molecule has 0 aliphatic rings. The van der Waals surface area contributed by atoms with Crippen LogP contribution in [0.2, 0.25) is 0 Å². The molecule has 0 spiro atoms. The number of nitrogens with zero attached hydrogens (tertiary/aromatic N) is 5. The molecular formula is C45H29N5. The van der Waals surface area contributed by atoms with Crippen LogP contribution in [-0.2, 0) is 0 Å². The molecule has 0 saturated heterocycles. The zero-order valence-corrected chi connectivity index (χ0v) is 27.0. The number of para-hydroxylation sites is 2. The van der Waals surface area contributed by atoms with Crippen LogP contribution < -0.4 is 0 Å². The first-order chi connectivity index (χ1) is 24.8. The Kier molecular flexibility index (Phi) is 6.42. The Bertz CT molecular complexity index is 2780. The van der Waals surface area contributed by atoms with Gasteiger partial charge in [0.1, 0.15) is 0 Å². The van der Waals surface area contributed by atoms with E-state index in [0.717, 1.165) is 28.1 Å². The molecule has 0 fully saturated rings. The van der Waals surface area contributed by atoms with Crippen LogP contribution >= 0.6 is 0 Å². The highest BCUT2D eigenvalue weighted by atomic mass is 15.0. The first kappa shape index (κ1) is 28.2. The molecule has 0 radical (unpaired) electrons. The van der Waals surface area contributed by atoms with Gasteiger partial charge in [-0.1, -0.05) is 103 Å². The number of aromatic nitrogens is 5. The van der Waals surface area contributed by atoms with E-state index in [1.54, 1.807) is 0 Å². The fourth-order valence-electron chi connectivity index (χ4n) is 7.20. The maximum atomic E-state index is 4.94. The number of hydrogen-bond acceptors (Lipinski definition) is 3. The summed E-state index contributed by atoms with van der Waals surface area (Å²) in [5.74, 6) is 1.95. The standard InChI is InChI=1S/C45H29N5/c1-4-12-30(13-5-1)43-46-44(31-14-6-2-7-15-31)48-45(47-43)32-20-23-35(24-21-32)50-41-19-11-10-18-36(41)39-29-38-33(28-42(39)50)22-25-40-37(38)26-27-49(40)34-16-8-3-9-17-34/h1-29H. The average molecular weight is 640 g/mol. The van der Waals surface area contributed by atoms with Gasteiger partial charge in [-0.3, -0.25) is 0 Å². The van der Waals surface area contributed by atoms with Gasteiger partial charge in [0.05, 0.1) is 16.6 Å². The van der Waals surface area contributed by atoms with Crippen molar-refractivity contribution in [3.05, 3.63) is 176 Å². The van der Waals surface area contributed by atoms with Crippen LogP contribution in [-0.4, -0.2) is 24.1 Å². The van der Waals surface area contributed by atoms with Gasteiger partial charge >= 0.3 is 0 Å². The van der Waals surface area contributed by atoms with E-state index >= 15 is 0 Å². The molecule has 10 aromatic rings. The summed E-state index contributed by atoms with van der Waals surface area (Å²) in [5, 5.41) is 6.17. The molecule has 5 heteroatoms. The summed E-state index contributed by atoms with van der Waals surface area (Å²) in [4.78, 5) is 14.7. The SMILES string of the molecule is c1ccc(-c2nc(-c3ccccc3)nc(-c3ccc(-n4c5ccccc5c5cc6c(ccc7c6ccn7-c6ccccc6)cc54)cc3)n2)cc1. The van der Waals surface area contributed by atoms with E-state index < -0.39 is 0 Å². The maximum Gasteiger partial charge on any atom is 0.164 e. The van der Waals surface area contributed by atoms with E-state index in [1.165, 1.54) is 43.5 Å². The number of rotatable bonds is 5. The minimum Gasteiger partial charge on any atom is -0.317 e. The lowest BCUT2D eigenvalue weighted by atomic mass is 10.0. The van der Waals surface area contributed by atoms with Crippen LogP contribution in [0.1, 0.15) is 0 Å². The number of fused-ring (bicyclic) bond motifs is 6. The van der Waals surface area contributed by atoms with Gasteiger partial charge in [0.15, 0.2) is 17.5 Å². The van der Waals surface area contributed by atoms with Crippen molar-refractivity contribution in [1.29, 1.82) is 0 Å². The number of benzene rings is 7. The average Bonchev–Trinajstić information content (AvgIpc) is 3.77. The Morgan fingerprint density at radius 1 is 0.340 bits per heavy atom. The van der Waals surface area contributed by atoms with E-state index in [4.69, 9.17) is 15.0 Å². The van der Waals surface area contributed by atoms with Gasteiger partial charge in [-0.25, -0.2) is 15.0 Å². The normalized spacial score (nSPS) is 11.6. The molecule has 0 amide bonds. The lowest BCUT2D eigenvalue weighted by Gasteiger charge is -2.11. The molecule has 0 saturated carbocycles. The second-order valence-electron chi connectivity index (χ2n) is 12.5. The Balaban J connectivity index is 1.11. The fourth-order valence-corrected chi connectivity index (χ4v) is 7.20. The van der Waals surface area contributed by atoms with Crippen LogP contribution in [0.4, 0.5) is 0 Å². The third kappa shape index (κ3) is 4.60. The van der Waals surface area contributed by atoms with Crippen molar-refractivity contribution in [2.75, 3.05) is 0 Å². The van der Waals surface area contributed by atoms with E-state index in [0.29, 0.717) is 17.5 Å². The van der Waals surface area contributed by atoms with Crippen molar-refractivity contribution in [3.63, 3.8) is 0 Å². The minimum atomic E-state index is 0.643. The predicted molar refractivity (Wildman–Crippen MR) is 205 cm³/mol. The summed E-state index contributed by atoms with van der Waals surface area (Å²) in [6.07, 6.45) is 2.17. The molecule has 0 unspecified atom stereocenters. The van der Waals surface area contributed by atoms with Crippen molar-refractivity contribution < 1.29 is 0 Å². The first-order valence-corrected chi connectivity index (χ1v) is 16.8. The first-order valence-electron chi connectivity index (χ1n) is 16.8. The highest BCUT2D eigenvalue weighted by Crippen LogP contribution is 2.38. The molecule has 0 aliphatic carbocycles. The summed E-state index contributed by atoms with van der Waals surface area (Å²) in [6, 6.07) is 59.4. The zero-order valence-electron chi connectivity index (χ0n) is 27.0. The van der Waals surface area contributed by atoms with Crippen molar-refractivity contribution in [2.45, 2.75) is 0 Å². The quantitative estimate of drug-likeness (QED) is 0.188. The molecule has 7 aromatic carbocycles. The smallest absolute Gasteiger partial charge is 0.164 e. The molecule has 0 atom stereocenters. The Labute approximate surface area is 288 Å². The van der Waals surface area contributed by atoms with Gasteiger partial charge < -0.3 is 9.13 Å². The summed E-state index contributed by atoms with van der Waals surface area (Å²) in [5.41, 5.74) is 8.62. The molecule has 3 heterocycles. The van der Waals surface area contributed by atoms with Gasteiger partial charge in [0, 0.05) is 50.4 Å². The van der Waals surface area contributed by atoms with Crippen LogP contribution in [0, 0.1) is 0 Å². The third-order valence-electron chi connectivity index (χ3n) is 9.60. The zero-order chi connectivity index (χ0) is 33.0. The highest BCUT2D eigenvalue weighted by Gasteiger charge is 2.17. The topological polar surface area (TPSA) is 48.5 Å². The molecule has 0 N–H and O–H groups in total. The second-order valence-corrected chi connectivity index (χ2v) is 12.5. The van der Waals surface area contributed by atoms with Crippen LogP contribution in [0.3, 0.4) is 0 Å². The lowest BCUT2D eigenvalue weighted by Crippen LogP contribution is -2.00. The molecular weight excluding hydrogens is 611 g/mol. The number of hydrogen-bond donors (Lipinski definition) is 0. The maximum absolute atomic E-state index is 4.94. The van der Waals surface area contributed by atoms with Crippen molar-refractivity contribution in [1.82, 2.24) is 24.1 Å². The molecule has 5 nitrogen and oxygen atoms in total. The molecule has 10 rings (SSSR count). The van der Waals surface area contributed by atoms with Crippen molar-refractivity contribution in [2.24, 2.45) is 0 Å². The summed E-state index contributed by atoms with van der Waals surface area (Å²) >= 11 is 0. The summed E-state index contributed by atoms with van der Waals surface area (Å²) in [7, 11) is 0. The molecule has 50 heavy (non-hydrogen) atoms. The van der Waals surface area contributed by atoms with Gasteiger partial charge in [0.25, 0.3) is 0 Å².